The normalized spacial score (nSPS) is 20.2. The third-order valence-electron chi connectivity index (χ3n) is 3.02. The fourth-order valence-electron chi connectivity index (χ4n) is 2.05. The highest BCUT2D eigenvalue weighted by Gasteiger charge is 2.31. The predicted octanol–water partition coefficient (Wildman–Crippen LogP) is 5.30. The Balaban J connectivity index is 2.34. The molecule has 0 bridgehead atoms. The van der Waals surface area contributed by atoms with Crippen molar-refractivity contribution in [2.45, 2.75) is 19.1 Å². The molecule has 0 N–H and O–H groups in total. The van der Waals surface area contributed by atoms with Gasteiger partial charge >= 0.3 is 0 Å². The summed E-state index contributed by atoms with van der Waals surface area (Å²) in [6.45, 7) is 2.12. The Bertz CT molecular complexity index is 741. The summed E-state index contributed by atoms with van der Waals surface area (Å²) in [5.74, 6) is 0. The Morgan fingerprint density at radius 3 is 2.61 bits per heavy atom. The Labute approximate surface area is 132 Å². The maximum Gasteiger partial charge on any atom is 0.169 e. The third kappa shape index (κ3) is 4.18. The first-order valence-corrected chi connectivity index (χ1v) is 6.87. The third-order valence-corrected chi connectivity index (χ3v) is 3.02. The number of ether oxygens (including phenoxy) is 1. The number of azide groups is 2. The van der Waals surface area contributed by atoms with Gasteiger partial charge in [-0.3, -0.25) is 0 Å². The van der Waals surface area contributed by atoms with Gasteiger partial charge in [0.05, 0.1) is 11.4 Å². The van der Waals surface area contributed by atoms with Crippen LogP contribution in [0.1, 0.15) is 13.3 Å². The lowest BCUT2D eigenvalue weighted by molar-refractivity contribution is 0.00333. The maximum atomic E-state index is 8.74. The van der Waals surface area contributed by atoms with Crippen molar-refractivity contribution >= 4 is 5.69 Å². The number of nitrogens with zero attached hydrogens (tertiary/aromatic N) is 8. The quantitative estimate of drug-likeness (QED) is 0.394. The van der Waals surface area contributed by atoms with Crippen molar-refractivity contribution in [3.8, 4) is 0 Å². The van der Waals surface area contributed by atoms with E-state index in [1.807, 2.05) is 18.2 Å². The summed E-state index contributed by atoms with van der Waals surface area (Å²) in [7, 11) is 0. The molecule has 1 aliphatic carbocycles. The van der Waals surface area contributed by atoms with Crippen LogP contribution in [0.25, 0.3) is 20.9 Å². The standard InChI is InChI=1S/C14H14N8O/c1-2-23-14(20-22-16)9-8-12(13(10-14)19-21-15)18-17-11-6-4-3-5-7-11/h3-9H,2,10H2,1H3. The second-order valence-electron chi connectivity index (χ2n) is 4.53. The Morgan fingerprint density at radius 1 is 1.17 bits per heavy atom. The first-order chi connectivity index (χ1) is 11.2. The smallest absolute Gasteiger partial charge is 0.169 e. The first kappa shape index (κ1) is 16.3. The molecule has 0 saturated carbocycles. The molecule has 0 aliphatic heterocycles. The minimum Gasteiger partial charge on any atom is -0.365 e. The monoisotopic (exact) mass is 310 g/mol. The topological polar surface area (TPSA) is 131 Å². The van der Waals surface area contributed by atoms with E-state index in [-0.39, 0.29) is 6.42 Å². The molecule has 1 aliphatic rings. The second kappa shape index (κ2) is 7.77. The van der Waals surface area contributed by atoms with E-state index in [1.54, 1.807) is 31.2 Å². The molecule has 9 nitrogen and oxygen atoms in total. The number of allylic oxidation sites excluding steroid dienone is 1. The van der Waals surface area contributed by atoms with Gasteiger partial charge in [0.25, 0.3) is 0 Å². The van der Waals surface area contributed by atoms with Gasteiger partial charge in [0.1, 0.15) is 0 Å². The van der Waals surface area contributed by atoms with Gasteiger partial charge in [0.2, 0.25) is 0 Å². The summed E-state index contributed by atoms with van der Waals surface area (Å²) >= 11 is 0. The molecule has 0 amide bonds. The molecule has 0 heterocycles. The van der Waals surface area contributed by atoms with E-state index in [1.165, 1.54) is 0 Å². The summed E-state index contributed by atoms with van der Waals surface area (Å²) in [5, 5.41) is 15.5. The van der Waals surface area contributed by atoms with Crippen LogP contribution in [0.15, 0.2) is 74.3 Å². The fraction of sp³-hybridized carbons (Fsp3) is 0.286. The highest BCUT2D eigenvalue weighted by atomic mass is 16.5. The van der Waals surface area contributed by atoms with E-state index in [2.05, 4.69) is 30.3 Å². The van der Waals surface area contributed by atoms with Crippen LogP contribution in [0.5, 0.6) is 0 Å². The van der Waals surface area contributed by atoms with Gasteiger partial charge in [-0.25, -0.2) is 0 Å². The van der Waals surface area contributed by atoms with Crippen molar-refractivity contribution < 1.29 is 4.74 Å². The molecule has 116 valence electrons. The summed E-state index contributed by atoms with van der Waals surface area (Å²) in [5.41, 5.74) is 17.6. The van der Waals surface area contributed by atoms with Crippen LogP contribution in [0.2, 0.25) is 0 Å². The highest BCUT2D eigenvalue weighted by Crippen LogP contribution is 2.33. The molecular weight excluding hydrogens is 296 g/mol. The van der Waals surface area contributed by atoms with Gasteiger partial charge in [0, 0.05) is 28.5 Å². The number of rotatable bonds is 6. The van der Waals surface area contributed by atoms with Gasteiger partial charge in [-0.2, -0.15) is 10.2 Å². The largest absolute Gasteiger partial charge is 0.365 e. The lowest BCUT2D eigenvalue weighted by Crippen LogP contribution is -2.29. The molecular formula is C14H14N8O. The van der Waals surface area contributed by atoms with Gasteiger partial charge in [-0.15, -0.1) is 0 Å². The van der Waals surface area contributed by atoms with Crippen LogP contribution in [-0.2, 0) is 4.74 Å². The second-order valence-corrected chi connectivity index (χ2v) is 4.53. The minimum atomic E-state index is -1.21. The molecule has 1 atom stereocenters. The summed E-state index contributed by atoms with van der Waals surface area (Å²) in [6.07, 6.45) is 3.25. The molecule has 0 saturated heterocycles. The zero-order valence-corrected chi connectivity index (χ0v) is 12.4. The molecule has 0 spiro atoms. The Kier molecular flexibility index (Phi) is 5.49. The van der Waals surface area contributed by atoms with Crippen LogP contribution in [0.4, 0.5) is 5.69 Å². The lowest BCUT2D eigenvalue weighted by atomic mass is 10.0. The minimum absolute atomic E-state index is 0.0919. The van der Waals surface area contributed by atoms with Gasteiger partial charge in [0.15, 0.2) is 5.72 Å². The molecule has 0 fully saturated rings. The zero-order valence-electron chi connectivity index (χ0n) is 12.4. The Hall–Kier alpha value is -3.12. The molecule has 2 rings (SSSR count). The number of benzene rings is 1. The van der Waals surface area contributed by atoms with Crippen molar-refractivity contribution in [2.24, 2.45) is 20.5 Å². The summed E-state index contributed by atoms with van der Waals surface area (Å²) < 4.78 is 5.50. The number of azo groups is 1. The molecule has 9 heteroatoms. The first-order valence-electron chi connectivity index (χ1n) is 6.87. The molecule has 0 aromatic heterocycles. The molecule has 1 unspecified atom stereocenters. The molecule has 23 heavy (non-hydrogen) atoms. The van der Waals surface area contributed by atoms with E-state index < -0.39 is 5.72 Å². The van der Waals surface area contributed by atoms with E-state index in [9.17, 15) is 0 Å². The predicted molar refractivity (Wildman–Crippen MR) is 84.4 cm³/mol. The van der Waals surface area contributed by atoms with E-state index in [0.29, 0.717) is 23.7 Å². The van der Waals surface area contributed by atoms with E-state index in [4.69, 9.17) is 15.8 Å². The van der Waals surface area contributed by atoms with Crippen molar-refractivity contribution in [3.63, 3.8) is 0 Å². The molecule has 1 aromatic rings. The zero-order chi connectivity index (χ0) is 16.5. The average molecular weight is 310 g/mol. The van der Waals surface area contributed by atoms with Crippen LogP contribution < -0.4 is 0 Å². The number of hydrogen-bond donors (Lipinski definition) is 0. The van der Waals surface area contributed by atoms with Crippen LogP contribution in [0, 0.1) is 0 Å². The van der Waals surface area contributed by atoms with Crippen LogP contribution >= 0.6 is 0 Å². The molecule has 1 aromatic carbocycles. The molecule has 0 radical (unpaired) electrons. The van der Waals surface area contributed by atoms with E-state index >= 15 is 0 Å². The van der Waals surface area contributed by atoms with Crippen molar-refractivity contribution in [1.29, 1.82) is 0 Å². The fourth-order valence-corrected chi connectivity index (χ4v) is 2.05. The lowest BCUT2D eigenvalue weighted by Gasteiger charge is -2.28. The SMILES string of the molecule is CCOC1(N=[N+]=[N-])C=CC(N=Nc2ccccc2)=C(N=[N+]=[N-])C1. The Morgan fingerprint density at radius 2 is 1.96 bits per heavy atom. The summed E-state index contributed by atoms with van der Waals surface area (Å²) in [4.78, 5) is 5.59. The van der Waals surface area contributed by atoms with Crippen LogP contribution in [0.3, 0.4) is 0 Å². The maximum absolute atomic E-state index is 8.74. The van der Waals surface area contributed by atoms with Crippen molar-refractivity contribution in [3.05, 3.63) is 74.8 Å². The average Bonchev–Trinajstić information content (AvgIpc) is 2.56. The highest BCUT2D eigenvalue weighted by molar-refractivity contribution is 5.37. The van der Waals surface area contributed by atoms with Crippen LogP contribution in [-0.4, -0.2) is 12.3 Å². The van der Waals surface area contributed by atoms with E-state index in [0.717, 1.165) is 0 Å². The van der Waals surface area contributed by atoms with Gasteiger partial charge in [-0.05, 0) is 42.3 Å². The van der Waals surface area contributed by atoms with Gasteiger partial charge < -0.3 is 4.74 Å². The van der Waals surface area contributed by atoms with Crippen molar-refractivity contribution in [1.82, 2.24) is 0 Å². The van der Waals surface area contributed by atoms with Crippen molar-refractivity contribution in [2.75, 3.05) is 6.61 Å². The summed E-state index contributed by atoms with van der Waals surface area (Å²) in [6, 6.07) is 9.16. The van der Waals surface area contributed by atoms with Gasteiger partial charge in [-0.1, -0.05) is 28.4 Å². The number of hydrogen-bond acceptors (Lipinski definition) is 5.